The number of hydrogen-bond donors (Lipinski definition) is 0. The summed E-state index contributed by atoms with van der Waals surface area (Å²) in [6.45, 7) is 3.11. The lowest BCUT2D eigenvalue weighted by Crippen LogP contribution is -2.61. The van der Waals surface area contributed by atoms with Crippen molar-refractivity contribution in [3.05, 3.63) is 0 Å². The van der Waals surface area contributed by atoms with Gasteiger partial charge in [0.25, 0.3) is 0 Å². The Labute approximate surface area is 122 Å². The molecule has 0 unspecified atom stereocenters. The molecule has 0 atom stereocenters. The molecule has 0 bridgehead atoms. The summed E-state index contributed by atoms with van der Waals surface area (Å²) < 4.78 is 119. The Hall–Kier alpha value is -0.453. The van der Waals surface area contributed by atoms with Gasteiger partial charge in [-0.1, -0.05) is 13.8 Å². The van der Waals surface area contributed by atoms with E-state index in [1.54, 1.807) is 13.8 Å². The van der Waals surface area contributed by atoms with Crippen molar-refractivity contribution in [1.29, 1.82) is 0 Å². The van der Waals surface area contributed by atoms with Crippen LogP contribution in [0.4, 0.5) is 39.5 Å². The third-order valence-corrected chi connectivity index (χ3v) is 8.43. The molecule has 11 heteroatoms. The van der Waals surface area contributed by atoms with Gasteiger partial charge in [0, 0.05) is 13.5 Å². The molecule has 0 aliphatic rings. The Morgan fingerprint density at radius 1 is 0.773 bits per heavy atom. The molecule has 0 aromatic heterocycles. The first kappa shape index (κ1) is 21.5. The summed E-state index contributed by atoms with van der Waals surface area (Å²) in [6, 6.07) is -0.151. The second-order valence-electron chi connectivity index (χ2n) is 4.95. The predicted molar refractivity (Wildman–Crippen MR) is 64.0 cm³/mol. The number of rotatable bonds is 8. The molecule has 0 saturated heterocycles. The van der Waals surface area contributed by atoms with Crippen LogP contribution in [0.2, 0.25) is 18.1 Å². The van der Waals surface area contributed by atoms with E-state index in [-0.39, 0.29) is 12.1 Å². The Bertz CT molecular complexity index is 355. The first-order chi connectivity index (χ1) is 9.64. The Morgan fingerprint density at radius 3 is 1.45 bits per heavy atom. The molecular formula is C11H17F9OSi. The van der Waals surface area contributed by atoms with Gasteiger partial charge in [-0.15, -0.1) is 0 Å². The third kappa shape index (κ3) is 3.71. The molecule has 22 heavy (non-hydrogen) atoms. The van der Waals surface area contributed by atoms with Gasteiger partial charge in [0.15, 0.2) is 8.32 Å². The monoisotopic (exact) mass is 364 g/mol. The normalized spacial score (nSPS) is 15.3. The van der Waals surface area contributed by atoms with E-state index < -0.39 is 44.7 Å². The minimum Gasteiger partial charge on any atom is -0.420 e. The zero-order valence-electron chi connectivity index (χ0n) is 12.1. The van der Waals surface area contributed by atoms with Crippen LogP contribution >= 0.6 is 0 Å². The van der Waals surface area contributed by atoms with Crippen LogP contribution in [0.3, 0.4) is 0 Å². The fraction of sp³-hybridized carbons (Fsp3) is 1.00. The van der Waals surface area contributed by atoms with Gasteiger partial charge in [0.2, 0.25) is 0 Å². The van der Waals surface area contributed by atoms with Gasteiger partial charge in [-0.25, -0.2) is 0 Å². The molecule has 0 N–H and O–H groups in total. The zero-order chi connectivity index (χ0) is 18.0. The summed E-state index contributed by atoms with van der Waals surface area (Å²) in [5.41, 5.74) is 0. The SMILES string of the molecule is CC[Si](CC)(CCC(F)(F)C(F)(F)C(F)(F)C(F)(F)F)OC. The largest absolute Gasteiger partial charge is 0.460 e. The van der Waals surface area contributed by atoms with E-state index in [4.69, 9.17) is 4.43 Å². The second kappa shape index (κ2) is 6.58. The quantitative estimate of drug-likeness (QED) is 0.410. The first-order valence-corrected chi connectivity index (χ1v) is 8.92. The van der Waals surface area contributed by atoms with Crippen LogP contribution in [0.5, 0.6) is 0 Å². The molecule has 0 radical (unpaired) electrons. The van der Waals surface area contributed by atoms with E-state index in [0.29, 0.717) is 0 Å². The Balaban J connectivity index is 5.39. The van der Waals surface area contributed by atoms with Crippen LogP contribution in [0.1, 0.15) is 20.3 Å². The van der Waals surface area contributed by atoms with Crippen molar-refractivity contribution in [1.82, 2.24) is 0 Å². The highest BCUT2D eigenvalue weighted by atomic mass is 28.4. The molecule has 0 aromatic carbocycles. The fourth-order valence-corrected chi connectivity index (χ4v) is 4.70. The highest BCUT2D eigenvalue weighted by molar-refractivity contribution is 6.73. The Morgan fingerprint density at radius 2 is 1.18 bits per heavy atom. The average Bonchev–Trinajstić information content (AvgIpc) is 2.39. The lowest BCUT2D eigenvalue weighted by molar-refractivity contribution is -0.396. The van der Waals surface area contributed by atoms with E-state index in [0.717, 1.165) is 0 Å². The van der Waals surface area contributed by atoms with Gasteiger partial charge in [0.1, 0.15) is 0 Å². The van der Waals surface area contributed by atoms with Crippen molar-refractivity contribution < 1.29 is 43.9 Å². The smallest absolute Gasteiger partial charge is 0.420 e. The molecule has 0 amide bonds. The molecule has 0 rings (SSSR count). The van der Waals surface area contributed by atoms with Crippen LogP contribution in [-0.2, 0) is 4.43 Å². The molecule has 0 saturated carbocycles. The maximum absolute atomic E-state index is 13.4. The first-order valence-electron chi connectivity index (χ1n) is 6.39. The fourth-order valence-electron chi connectivity index (χ4n) is 1.94. The molecule has 0 aliphatic carbocycles. The van der Waals surface area contributed by atoms with E-state index in [9.17, 15) is 39.5 Å². The highest BCUT2D eigenvalue weighted by Crippen LogP contribution is 2.54. The maximum Gasteiger partial charge on any atom is 0.460 e. The number of halogens is 9. The van der Waals surface area contributed by atoms with Crippen LogP contribution in [-0.4, -0.2) is 39.4 Å². The third-order valence-electron chi connectivity index (χ3n) is 3.83. The summed E-state index contributed by atoms with van der Waals surface area (Å²) >= 11 is 0. The van der Waals surface area contributed by atoms with Gasteiger partial charge < -0.3 is 4.43 Å². The van der Waals surface area contributed by atoms with E-state index >= 15 is 0 Å². The number of alkyl halides is 9. The molecule has 0 fully saturated rings. The van der Waals surface area contributed by atoms with E-state index in [2.05, 4.69) is 0 Å². The van der Waals surface area contributed by atoms with Crippen LogP contribution in [0.25, 0.3) is 0 Å². The van der Waals surface area contributed by atoms with Crippen LogP contribution in [0.15, 0.2) is 0 Å². The summed E-state index contributed by atoms with van der Waals surface area (Å²) in [5.74, 6) is -18.9. The van der Waals surface area contributed by atoms with E-state index in [1.165, 1.54) is 7.11 Å². The van der Waals surface area contributed by atoms with Crippen molar-refractivity contribution in [3.63, 3.8) is 0 Å². The van der Waals surface area contributed by atoms with Crippen LogP contribution in [0, 0.1) is 0 Å². The van der Waals surface area contributed by atoms with Crippen molar-refractivity contribution >= 4 is 8.32 Å². The molecule has 0 heterocycles. The minimum atomic E-state index is -6.82. The topological polar surface area (TPSA) is 9.23 Å². The van der Waals surface area contributed by atoms with E-state index in [1.807, 2.05) is 0 Å². The van der Waals surface area contributed by atoms with Gasteiger partial charge in [-0.3, -0.25) is 0 Å². The highest BCUT2D eigenvalue weighted by Gasteiger charge is 2.81. The molecule has 134 valence electrons. The summed E-state index contributed by atoms with van der Waals surface area (Å²) in [7, 11) is -1.67. The summed E-state index contributed by atoms with van der Waals surface area (Å²) in [5, 5.41) is 0. The minimum absolute atomic E-state index is 0.247. The van der Waals surface area contributed by atoms with Crippen molar-refractivity contribution in [2.45, 2.75) is 62.3 Å². The predicted octanol–water partition coefficient (Wildman–Crippen LogP) is 5.48. The van der Waals surface area contributed by atoms with Gasteiger partial charge in [0.05, 0.1) is 0 Å². The molecule has 0 aromatic rings. The second-order valence-corrected chi connectivity index (χ2v) is 9.63. The molecule has 1 nitrogen and oxygen atoms in total. The van der Waals surface area contributed by atoms with Crippen molar-refractivity contribution in [3.8, 4) is 0 Å². The van der Waals surface area contributed by atoms with Crippen molar-refractivity contribution in [2.75, 3.05) is 7.11 Å². The lowest BCUT2D eigenvalue weighted by atomic mass is 10.0. The van der Waals surface area contributed by atoms with Gasteiger partial charge >= 0.3 is 23.9 Å². The zero-order valence-corrected chi connectivity index (χ0v) is 13.1. The van der Waals surface area contributed by atoms with Crippen molar-refractivity contribution in [2.24, 2.45) is 0 Å². The maximum atomic E-state index is 13.4. The lowest BCUT2D eigenvalue weighted by Gasteiger charge is -2.35. The standard InChI is InChI=1S/C11H17F9OSi/c1-4-22(5-2,21-3)7-6-8(12,13)9(14,15)10(16,17)11(18,19)20/h4-7H2,1-3H3. The summed E-state index contributed by atoms with van der Waals surface area (Å²) in [6.07, 6.45) is -8.57. The van der Waals surface area contributed by atoms with Gasteiger partial charge in [-0.2, -0.15) is 39.5 Å². The number of hydrogen-bond acceptors (Lipinski definition) is 1. The summed E-state index contributed by atoms with van der Waals surface area (Å²) in [4.78, 5) is 0. The van der Waals surface area contributed by atoms with Gasteiger partial charge in [-0.05, 0) is 18.1 Å². The molecule has 0 aliphatic heterocycles. The Kier molecular flexibility index (Phi) is 6.44. The molecular weight excluding hydrogens is 347 g/mol. The molecule has 0 spiro atoms. The van der Waals surface area contributed by atoms with Crippen LogP contribution < -0.4 is 0 Å². The average molecular weight is 364 g/mol.